The Morgan fingerprint density at radius 2 is 1.94 bits per heavy atom. The Morgan fingerprint density at radius 3 is 2.62 bits per heavy atom. The number of imidazole rings is 1. The molecule has 2 fully saturated rings. The van der Waals surface area contributed by atoms with Gasteiger partial charge in [0.25, 0.3) is 5.56 Å². The summed E-state index contributed by atoms with van der Waals surface area (Å²) in [6.07, 6.45) is -0.447. The van der Waals surface area contributed by atoms with E-state index in [4.69, 9.17) is 0 Å². The molecule has 0 radical (unpaired) electrons. The zero-order chi connectivity index (χ0) is 22.7. The lowest BCUT2D eigenvalue weighted by Crippen LogP contribution is -2.38. The molecule has 1 saturated heterocycles. The van der Waals surface area contributed by atoms with Crippen LogP contribution >= 0.6 is 0 Å². The highest BCUT2D eigenvalue weighted by molar-refractivity contribution is 5.74. The third-order valence-electron chi connectivity index (χ3n) is 6.59. The number of rotatable bonds is 3. The van der Waals surface area contributed by atoms with Gasteiger partial charge in [-0.25, -0.2) is 4.98 Å². The summed E-state index contributed by atoms with van der Waals surface area (Å²) >= 11 is 0. The second-order valence-electron chi connectivity index (χ2n) is 8.76. The fraction of sp³-hybridized carbons (Fsp3) is 0.455. The Bertz CT molecular complexity index is 1310. The van der Waals surface area contributed by atoms with Crippen LogP contribution in [-0.2, 0) is 19.8 Å². The van der Waals surface area contributed by atoms with Crippen LogP contribution in [0.15, 0.2) is 29.1 Å². The SMILES string of the molecule is Cn1c(C(F)(F)F)nc2nc(N3CCCC4(CC4)C3)n(Cc3ccccc3C#N)c2c1=O. The number of benzene rings is 1. The largest absolute Gasteiger partial charge is 0.449 e. The summed E-state index contributed by atoms with van der Waals surface area (Å²) in [7, 11) is 1.07. The predicted molar refractivity (Wildman–Crippen MR) is 111 cm³/mol. The molecule has 166 valence electrons. The van der Waals surface area contributed by atoms with Crippen LogP contribution in [-0.4, -0.2) is 32.2 Å². The van der Waals surface area contributed by atoms with Crippen LogP contribution in [0.25, 0.3) is 11.2 Å². The molecular formula is C22H21F3N6O. The molecule has 0 bridgehead atoms. The van der Waals surface area contributed by atoms with E-state index in [1.165, 1.54) is 0 Å². The second kappa shape index (κ2) is 7.08. The van der Waals surface area contributed by atoms with Gasteiger partial charge < -0.3 is 4.90 Å². The van der Waals surface area contributed by atoms with E-state index < -0.39 is 17.6 Å². The third kappa shape index (κ3) is 3.32. The standard InChI is InChI=1S/C22H21F3N6O/c1-29-18(32)16-17(27-19(29)22(23,24)25)28-20(30-10-4-7-21(13-30)8-9-21)31(16)12-15-6-3-2-5-14(15)11-26/h2-3,5-6H,4,7-10,12-13H2,1H3. The Hall–Kier alpha value is -3.35. The van der Waals surface area contributed by atoms with Crippen molar-refractivity contribution in [3.05, 3.63) is 51.6 Å². The highest BCUT2D eigenvalue weighted by atomic mass is 19.4. The van der Waals surface area contributed by atoms with Crippen molar-refractivity contribution >= 4 is 17.1 Å². The van der Waals surface area contributed by atoms with Crippen molar-refractivity contribution in [1.29, 1.82) is 5.26 Å². The van der Waals surface area contributed by atoms with Gasteiger partial charge in [-0.2, -0.15) is 23.4 Å². The minimum Gasteiger partial charge on any atom is -0.342 e. The molecular weight excluding hydrogens is 421 g/mol. The second-order valence-corrected chi connectivity index (χ2v) is 8.76. The number of nitriles is 1. The molecule has 2 aliphatic rings. The molecule has 0 unspecified atom stereocenters. The van der Waals surface area contributed by atoms with Crippen LogP contribution in [0.5, 0.6) is 0 Å². The lowest BCUT2D eigenvalue weighted by atomic mass is 9.95. The number of anilines is 1. The third-order valence-corrected chi connectivity index (χ3v) is 6.59. The number of aromatic nitrogens is 4. The van der Waals surface area contributed by atoms with Crippen LogP contribution in [0.4, 0.5) is 19.1 Å². The van der Waals surface area contributed by atoms with Gasteiger partial charge in [0.15, 0.2) is 11.2 Å². The summed E-state index contributed by atoms with van der Waals surface area (Å²) in [4.78, 5) is 23.3. The number of fused-ring (bicyclic) bond motifs is 1. The highest BCUT2D eigenvalue weighted by Crippen LogP contribution is 2.52. The number of hydrogen-bond acceptors (Lipinski definition) is 5. The van der Waals surface area contributed by atoms with Gasteiger partial charge in [-0.1, -0.05) is 18.2 Å². The van der Waals surface area contributed by atoms with E-state index in [9.17, 15) is 23.2 Å². The fourth-order valence-electron chi connectivity index (χ4n) is 4.69. The average molecular weight is 442 g/mol. The van der Waals surface area contributed by atoms with Crippen LogP contribution in [0.2, 0.25) is 0 Å². The summed E-state index contributed by atoms with van der Waals surface area (Å²) in [5, 5.41) is 9.49. The molecule has 0 N–H and O–H groups in total. The lowest BCUT2D eigenvalue weighted by molar-refractivity contribution is -0.147. The lowest BCUT2D eigenvalue weighted by Gasteiger charge is -2.34. The van der Waals surface area contributed by atoms with Crippen molar-refractivity contribution in [3.8, 4) is 6.07 Å². The first-order valence-electron chi connectivity index (χ1n) is 10.5. The van der Waals surface area contributed by atoms with Crippen molar-refractivity contribution in [2.45, 2.75) is 38.4 Å². The number of piperidine rings is 1. The summed E-state index contributed by atoms with van der Waals surface area (Å²) in [6.45, 7) is 1.60. The van der Waals surface area contributed by atoms with Crippen molar-refractivity contribution in [2.75, 3.05) is 18.0 Å². The molecule has 1 spiro atoms. The predicted octanol–water partition coefficient (Wildman–Crippen LogP) is 3.45. The molecule has 5 rings (SSSR count). The zero-order valence-electron chi connectivity index (χ0n) is 17.5. The van der Waals surface area contributed by atoms with Crippen molar-refractivity contribution in [3.63, 3.8) is 0 Å². The average Bonchev–Trinajstić information content (AvgIpc) is 3.39. The van der Waals surface area contributed by atoms with Gasteiger partial charge in [0.05, 0.1) is 18.2 Å². The van der Waals surface area contributed by atoms with Gasteiger partial charge in [-0.05, 0) is 42.7 Å². The molecule has 1 aliphatic carbocycles. The maximum atomic E-state index is 13.5. The molecule has 3 aromatic rings. The molecule has 2 aromatic heterocycles. The van der Waals surface area contributed by atoms with Crippen molar-refractivity contribution in [1.82, 2.24) is 19.1 Å². The van der Waals surface area contributed by atoms with Crippen LogP contribution in [0, 0.1) is 16.7 Å². The zero-order valence-corrected chi connectivity index (χ0v) is 17.5. The van der Waals surface area contributed by atoms with E-state index in [2.05, 4.69) is 20.9 Å². The number of alkyl halides is 3. The van der Waals surface area contributed by atoms with Crippen LogP contribution in [0.1, 0.15) is 42.6 Å². The summed E-state index contributed by atoms with van der Waals surface area (Å²) in [5.74, 6) is -0.844. The van der Waals surface area contributed by atoms with E-state index >= 15 is 0 Å². The number of halogens is 3. The number of nitrogens with zero attached hydrogens (tertiary/aromatic N) is 6. The monoisotopic (exact) mass is 442 g/mol. The molecule has 1 aromatic carbocycles. The van der Waals surface area contributed by atoms with E-state index in [1.807, 2.05) is 0 Å². The molecule has 0 amide bonds. The first-order valence-corrected chi connectivity index (χ1v) is 10.5. The van der Waals surface area contributed by atoms with Gasteiger partial charge >= 0.3 is 6.18 Å². The molecule has 0 atom stereocenters. The Kier molecular flexibility index (Phi) is 4.55. The minimum absolute atomic E-state index is 0.0127. The van der Waals surface area contributed by atoms with Gasteiger partial charge in [0.1, 0.15) is 0 Å². The molecule has 7 nitrogen and oxygen atoms in total. The van der Waals surface area contributed by atoms with E-state index in [-0.39, 0.29) is 23.1 Å². The fourth-order valence-corrected chi connectivity index (χ4v) is 4.69. The molecule has 1 aliphatic heterocycles. The Morgan fingerprint density at radius 1 is 1.19 bits per heavy atom. The van der Waals surface area contributed by atoms with Crippen LogP contribution in [0.3, 0.4) is 0 Å². The summed E-state index contributed by atoms with van der Waals surface area (Å²) in [5.41, 5.74) is 0.318. The Labute approximate surface area is 181 Å². The first-order chi connectivity index (χ1) is 15.2. The first kappa shape index (κ1) is 20.5. The summed E-state index contributed by atoms with van der Waals surface area (Å²) in [6, 6.07) is 9.11. The van der Waals surface area contributed by atoms with Gasteiger partial charge in [-0.15, -0.1) is 0 Å². The molecule has 32 heavy (non-hydrogen) atoms. The summed E-state index contributed by atoms with van der Waals surface area (Å²) < 4.78 is 42.6. The highest BCUT2D eigenvalue weighted by Gasteiger charge is 2.46. The van der Waals surface area contributed by atoms with E-state index in [0.717, 1.165) is 39.3 Å². The quantitative estimate of drug-likeness (QED) is 0.621. The van der Waals surface area contributed by atoms with Crippen molar-refractivity contribution < 1.29 is 13.2 Å². The van der Waals surface area contributed by atoms with Crippen molar-refractivity contribution in [2.24, 2.45) is 12.5 Å². The molecule has 10 heteroatoms. The van der Waals surface area contributed by atoms with Gasteiger partial charge in [-0.3, -0.25) is 13.9 Å². The maximum Gasteiger partial charge on any atom is 0.449 e. The van der Waals surface area contributed by atoms with E-state index in [0.29, 0.717) is 28.2 Å². The van der Waals surface area contributed by atoms with E-state index in [1.54, 1.807) is 28.8 Å². The normalized spacial score (nSPS) is 17.7. The molecule has 3 heterocycles. The number of hydrogen-bond donors (Lipinski definition) is 0. The topological polar surface area (TPSA) is 79.7 Å². The van der Waals surface area contributed by atoms with Crippen LogP contribution < -0.4 is 10.5 Å². The molecule has 1 saturated carbocycles. The minimum atomic E-state index is -4.78. The maximum absolute atomic E-state index is 13.5. The van der Waals surface area contributed by atoms with Gasteiger partial charge in [0.2, 0.25) is 11.8 Å². The Balaban J connectivity index is 1.72. The smallest absolute Gasteiger partial charge is 0.342 e. The van der Waals surface area contributed by atoms with Gasteiger partial charge in [0, 0.05) is 20.1 Å².